The first-order chi connectivity index (χ1) is 13.9. The van der Waals surface area contributed by atoms with Gasteiger partial charge >= 0.3 is 0 Å². The van der Waals surface area contributed by atoms with E-state index in [-0.39, 0.29) is 5.75 Å². The molecule has 2 aromatic rings. The van der Waals surface area contributed by atoms with Crippen molar-refractivity contribution in [3.63, 3.8) is 0 Å². The second-order valence-electron chi connectivity index (χ2n) is 5.63. The average molecular weight is 530 g/mol. The summed E-state index contributed by atoms with van der Waals surface area (Å²) in [5.74, 6) is 0.993. The predicted molar refractivity (Wildman–Crippen MR) is 119 cm³/mol. The number of phenols is 1. The number of carbonyl (C=O) groups excluding carboxylic acids is 1. The molecule has 2 N–H and O–H groups in total. The molecule has 0 aromatic heterocycles. The molecule has 0 aliphatic heterocycles. The lowest BCUT2D eigenvalue weighted by atomic mass is 10.1. The number of nitrogens with zero attached hydrogens (tertiary/aromatic N) is 1. The number of aromatic hydroxyl groups is 1. The molecule has 0 unspecified atom stereocenters. The van der Waals surface area contributed by atoms with Crippen LogP contribution in [0.1, 0.15) is 36.7 Å². The minimum Gasteiger partial charge on any atom is -0.506 e. The van der Waals surface area contributed by atoms with Gasteiger partial charge < -0.3 is 19.3 Å². The summed E-state index contributed by atoms with van der Waals surface area (Å²) >= 11 is 6.50. The lowest BCUT2D eigenvalue weighted by molar-refractivity contribution is 0.0954. The van der Waals surface area contributed by atoms with Gasteiger partial charge in [0.15, 0.2) is 11.5 Å². The summed E-state index contributed by atoms with van der Waals surface area (Å²) in [7, 11) is 0. The molecular formula is C20H22Br2N2O5. The quantitative estimate of drug-likeness (QED) is 0.357. The molecule has 0 saturated heterocycles. The first-order valence-corrected chi connectivity index (χ1v) is 10.6. The largest absolute Gasteiger partial charge is 0.506 e. The molecular weight excluding hydrogens is 508 g/mol. The van der Waals surface area contributed by atoms with Crippen LogP contribution in [0.25, 0.3) is 0 Å². The Morgan fingerprint density at radius 1 is 1.00 bits per heavy atom. The highest BCUT2D eigenvalue weighted by Crippen LogP contribution is 2.39. The topological polar surface area (TPSA) is 89.4 Å². The first kappa shape index (κ1) is 23.0. The van der Waals surface area contributed by atoms with E-state index in [0.29, 0.717) is 57.1 Å². The standard InChI is InChI=1S/C20H22Br2N2O5/c1-4-27-16-9-13(10-17(28-5-2)19(16)29-6-3)20(26)24-23-11-12-7-14(21)18(25)15(22)8-12/h7-11,25H,4-6H2,1-3H3,(H,24,26)/b23-11+. The molecule has 1 amide bonds. The number of benzene rings is 2. The monoisotopic (exact) mass is 528 g/mol. The zero-order chi connectivity index (χ0) is 21.4. The molecule has 0 aliphatic carbocycles. The summed E-state index contributed by atoms with van der Waals surface area (Å²) in [6.07, 6.45) is 1.47. The van der Waals surface area contributed by atoms with Gasteiger partial charge in [-0.1, -0.05) is 0 Å². The van der Waals surface area contributed by atoms with Crippen molar-refractivity contribution in [1.82, 2.24) is 5.43 Å². The van der Waals surface area contributed by atoms with Crippen LogP contribution in [0.4, 0.5) is 0 Å². The Balaban J connectivity index is 2.25. The summed E-state index contributed by atoms with van der Waals surface area (Å²) in [6.45, 7) is 6.83. The van der Waals surface area contributed by atoms with Gasteiger partial charge in [0.25, 0.3) is 5.91 Å². The smallest absolute Gasteiger partial charge is 0.271 e. The lowest BCUT2D eigenvalue weighted by Gasteiger charge is -2.16. The fourth-order valence-electron chi connectivity index (χ4n) is 2.41. The molecule has 0 aliphatic rings. The van der Waals surface area contributed by atoms with E-state index in [1.807, 2.05) is 20.8 Å². The third kappa shape index (κ3) is 6.11. The normalized spacial score (nSPS) is 10.8. The van der Waals surface area contributed by atoms with Crippen LogP contribution < -0.4 is 19.6 Å². The first-order valence-electron chi connectivity index (χ1n) is 8.99. The zero-order valence-electron chi connectivity index (χ0n) is 16.3. The summed E-state index contributed by atoms with van der Waals surface area (Å²) in [5.41, 5.74) is 3.48. The van der Waals surface area contributed by atoms with Gasteiger partial charge in [0.2, 0.25) is 5.75 Å². The highest BCUT2D eigenvalue weighted by molar-refractivity contribution is 9.11. The lowest BCUT2D eigenvalue weighted by Crippen LogP contribution is -2.18. The van der Waals surface area contributed by atoms with E-state index in [9.17, 15) is 9.90 Å². The van der Waals surface area contributed by atoms with Crippen molar-refractivity contribution in [2.75, 3.05) is 19.8 Å². The van der Waals surface area contributed by atoms with Gasteiger partial charge in [0.1, 0.15) is 5.75 Å². The molecule has 0 atom stereocenters. The van der Waals surface area contributed by atoms with Crippen LogP contribution in [0.5, 0.6) is 23.0 Å². The Hall–Kier alpha value is -2.26. The number of ether oxygens (including phenoxy) is 3. The number of phenolic OH excluding ortho intramolecular Hbond substituents is 1. The number of carbonyl (C=O) groups is 1. The molecule has 2 rings (SSSR count). The van der Waals surface area contributed by atoms with Crippen LogP contribution in [-0.2, 0) is 0 Å². The van der Waals surface area contributed by atoms with Gasteiger partial charge in [0.05, 0.1) is 35.0 Å². The van der Waals surface area contributed by atoms with Crippen molar-refractivity contribution >= 4 is 44.0 Å². The van der Waals surface area contributed by atoms with Crippen molar-refractivity contribution < 1.29 is 24.1 Å². The van der Waals surface area contributed by atoms with Gasteiger partial charge in [-0.05, 0) is 82.5 Å². The SMILES string of the molecule is CCOc1cc(C(=O)N/N=C/c2cc(Br)c(O)c(Br)c2)cc(OCC)c1OCC. The van der Waals surface area contributed by atoms with Crippen LogP contribution in [0.3, 0.4) is 0 Å². The molecule has 0 heterocycles. The van der Waals surface area contributed by atoms with Crippen LogP contribution >= 0.6 is 31.9 Å². The minimum atomic E-state index is -0.428. The Kier molecular flexibility index (Phi) is 8.78. The van der Waals surface area contributed by atoms with E-state index in [1.165, 1.54) is 6.21 Å². The van der Waals surface area contributed by atoms with Gasteiger partial charge in [0, 0.05) is 5.56 Å². The second-order valence-corrected chi connectivity index (χ2v) is 7.34. The number of halogens is 2. The van der Waals surface area contributed by atoms with Crippen molar-refractivity contribution in [2.24, 2.45) is 5.10 Å². The molecule has 7 nitrogen and oxygen atoms in total. The summed E-state index contributed by atoms with van der Waals surface area (Å²) < 4.78 is 17.9. The van der Waals surface area contributed by atoms with E-state index in [0.717, 1.165) is 0 Å². The second kappa shape index (κ2) is 11.1. The third-order valence-electron chi connectivity index (χ3n) is 3.59. The van der Waals surface area contributed by atoms with E-state index < -0.39 is 5.91 Å². The predicted octanol–water partition coefficient (Wildman–Crippen LogP) is 4.88. The Labute approximate surface area is 186 Å². The molecule has 0 spiro atoms. The molecule has 29 heavy (non-hydrogen) atoms. The van der Waals surface area contributed by atoms with E-state index in [4.69, 9.17) is 14.2 Å². The Morgan fingerprint density at radius 3 is 2.00 bits per heavy atom. The Bertz CT molecular complexity index is 852. The fraction of sp³-hybridized carbons (Fsp3) is 0.300. The molecule has 156 valence electrons. The van der Waals surface area contributed by atoms with Crippen molar-refractivity contribution in [2.45, 2.75) is 20.8 Å². The van der Waals surface area contributed by atoms with Gasteiger partial charge in [-0.15, -0.1) is 0 Å². The highest BCUT2D eigenvalue weighted by atomic mass is 79.9. The maximum Gasteiger partial charge on any atom is 0.271 e. The van der Waals surface area contributed by atoms with Crippen LogP contribution in [0.2, 0.25) is 0 Å². The summed E-state index contributed by atoms with van der Waals surface area (Å²) in [5, 5.41) is 13.7. The highest BCUT2D eigenvalue weighted by Gasteiger charge is 2.18. The molecule has 0 bridgehead atoms. The van der Waals surface area contributed by atoms with Gasteiger partial charge in [-0.25, -0.2) is 5.43 Å². The number of amides is 1. The number of hydrogen-bond donors (Lipinski definition) is 2. The third-order valence-corrected chi connectivity index (χ3v) is 4.80. The minimum absolute atomic E-state index is 0.0903. The Morgan fingerprint density at radius 2 is 1.52 bits per heavy atom. The maximum absolute atomic E-state index is 12.6. The molecule has 9 heteroatoms. The molecule has 0 radical (unpaired) electrons. The van der Waals surface area contributed by atoms with Crippen molar-refractivity contribution in [3.05, 3.63) is 44.3 Å². The fourth-order valence-corrected chi connectivity index (χ4v) is 3.63. The van der Waals surface area contributed by atoms with Crippen LogP contribution in [-0.4, -0.2) is 37.0 Å². The number of rotatable bonds is 9. The van der Waals surface area contributed by atoms with Gasteiger partial charge in [-0.2, -0.15) is 5.10 Å². The van der Waals surface area contributed by atoms with E-state index in [2.05, 4.69) is 42.4 Å². The van der Waals surface area contributed by atoms with E-state index >= 15 is 0 Å². The van der Waals surface area contributed by atoms with Gasteiger partial charge in [-0.3, -0.25) is 4.79 Å². The molecule has 0 fully saturated rings. The molecule has 0 saturated carbocycles. The average Bonchev–Trinajstić information content (AvgIpc) is 2.68. The molecule has 2 aromatic carbocycles. The van der Waals surface area contributed by atoms with Crippen molar-refractivity contribution in [3.8, 4) is 23.0 Å². The van der Waals surface area contributed by atoms with Crippen molar-refractivity contribution in [1.29, 1.82) is 0 Å². The van der Waals surface area contributed by atoms with Crippen LogP contribution in [0, 0.1) is 0 Å². The number of hydrazone groups is 1. The zero-order valence-corrected chi connectivity index (χ0v) is 19.5. The number of nitrogens with one attached hydrogen (secondary N) is 1. The maximum atomic E-state index is 12.6. The summed E-state index contributed by atoms with van der Waals surface area (Å²) in [4.78, 5) is 12.6. The van der Waals surface area contributed by atoms with E-state index in [1.54, 1.807) is 24.3 Å². The van der Waals surface area contributed by atoms with Crippen LogP contribution in [0.15, 0.2) is 38.3 Å². The summed E-state index contributed by atoms with van der Waals surface area (Å²) in [6, 6.07) is 6.53. The number of hydrogen-bond acceptors (Lipinski definition) is 6.